The van der Waals surface area contributed by atoms with Crippen LogP contribution in [0.15, 0.2) is 43.0 Å². The van der Waals surface area contributed by atoms with Gasteiger partial charge in [-0.15, -0.1) is 0 Å². The van der Waals surface area contributed by atoms with Crippen LogP contribution in [-0.2, 0) is 14.2 Å². The quantitative estimate of drug-likeness (QED) is 0.644. The van der Waals surface area contributed by atoms with Crippen LogP contribution < -0.4 is 5.32 Å². The van der Waals surface area contributed by atoms with E-state index >= 15 is 4.39 Å². The number of hydrogen-bond donors (Lipinski definition) is 2. The van der Waals surface area contributed by atoms with Crippen molar-refractivity contribution in [3.63, 3.8) is 0 Å². The van der Waals surface area contributed by atoms with E-state index in [1.807, 2.05) is 6.07 Å². The van der Waals surface area contributed by atoms with E-state index in [0.29, 0.717) is 16.7 Å². The average Bonchev–Trinajstić information content (AvgIpc) is 3.40. The first-order valence-electron chi connectivity index (χ1n) is 9.68. The molecule has 0 radical (unpaired) electrons. The van der Waals surface area contributed by atoms with E-state index < -0.39 is 36.7 Å². The molecule has 2 saturated heterocycles. The molecule has 1 aromatic carbocycles. The zero-order valence-electron chi connectivity index (χ0n) is 16.7. The fourth-order valence-electron chi connectivity index (χ4n) is 3.91. The van der Waals surface area contributed by atoms with E-state index in [-0.39, 0.29) is 11.7 Å². The molecule has 2 aliphatic heterocycles. The fourth-order valence-corrected chi connectivity index (χ4v) is 3.91. The predicted molar refractivity (Wildman–Crippen MR) is 105 cm³/mol. The Kier molecular flexibility index (Phi) is 4.52. The van der Waals surface area contributed by atoms with Gasteiger partial charge in [0.15, 0.2) is 35.1 Å². The maximum atomic E-state index is 15.2. The van der Waals surface area contributed by atoms with Gasteiger partial charge >= 0.3 is 0 Å². The van der Waals surface area contributed by atoms with Crippen LogP contribution in [0.25, 0.3) is 11.2 Å². The Labute approximate surface area is 176 Å². The zero-order chi connectivity index (χ0) is 21.8. The molecule has 4 heterocycles. The summed E-state index contributed by atoms with van der Waals surface area (Å²) in [5.74, 6) is -3.66. The van der Waals surface area contributed by atoms with Crippen molar-refractivity contribution in [1.29, 1.82) is 0 Å². The number of rotatable bonds is 4. The topological polar surface area (TPSA) is 121 Å². The Hall–Kier alpha value is -2.99. The molecule has 0 aliphatic carbocycles. The third kappa shape index (κ3) is 3.26. The van der Waals surface area contributed by atoms with Crippen molar-refractivity contribution in [2.45, 2.75) is 43.9 Å². The van der Waals surface area contributed by atoms with Crippen molar-refractivity contribution in [3.05, 3.63) is 48.5 Å². The highest BCUT2D eigenvalue weighted by atomic mass is 19.2. The van der Waals surface area contributed by atoms with Crippen LogP contribution in [0.1, 0.15) is 30.4 Å². The number of alkyl halides is 1. The number of halogens is 1. The number of carbonyl (C=O) groups excluding carboxylic acids is 1. The third-order valence-corrected chi connectivity index (χ3v) is 5.27. The van der Waals surface area contributed by atoms with Crippen LogP contribution in [0.4, 0.5) is 10.2 Å². The smallest absolute Gasteiger partial charge is 0.263 e. The van der Waals surface area contributed by atoms with E-state index in [9.17, 15) is 9.90 Å². The van der Waals surface area contributed by atoms with Gasteiger partial charge in [0, 0.05) is 5.56 Å². The number of benzene rings is 1. The number of anilines is 1. The molecule has 1 amide bonds. The molecule has 162 valence electrons. The number of hydrogen-bond acceptors (Lipinski definition) is 8. The van der Waals surface area contributed by atoms with Gasteiger partial charge in [0.2, 0.25) is 0 Å². The minimum absolute atomic E-state index is 0.199. The number of fused-ring (bicyclic) bond motifs is 2. The summed E-state index contributed by atoms with van der Waals surface area (Å²) < 4.78 is 33.7. The molecule has 2 fully saturated rings. The van der Waals surface area contributed by atoms with Gasteiger partial charge in [0.25, 0.3) is 11.8 Å². The molecule has 0 saturated carbocycles. The van der Waals surface area contributed by atoms with Gasteiger partial charge in [0.1, 0.15) is 19.0 Å². The summed E-state index contributed by atoms with van der Waals surface area (Å²) in [5, 5.41) is 12.3. The summed E-state index contributed by atoms with van der Waals surface area (Å²) in [6, 6.07) is 8.66. The van der Waals surface area contributed by atoms with Gasteiger partial charge in [-0.2, -0.15) is 0 Å². The molecule has 2 unspecified atom stereocenters. The normalized spacial score (nSPS) is 29.2. The number of aliphatic hydroxyl groups is 1. The van der Waals surface area contributed by atoms with Gasteiger partial charge in [0.05, 0.1) is 6.33 Å². The minimum Gasteiger partial charge on any atom is -0.390 e. The standard InChI is InChI=1S/C20H20FN5O5/c1-19(2)29-13-14(30-19)20(21,8-27)31-18(13)26-10-24-12-15(22-9-23-16(12)26)25-17(28)11-6-4-3-5-7-11/h3-7,9-10,13-14,18,27H,8H2,1-2H3,(H,22,23,25,28)/t13-,14?,18+,20?/m0/s1. The maximum Gasteiger partial charge on any atom is 0.263 e. The molecule has 2 N–H and O–H groups in total. The first kappa shape index (κ1) is 19.9. The van der Waals surface area contributed by atoms with Gasteiger partial charge < -0.3 is 24.6 Å². The monoisotopic (exact) mass is 429 g/mol. The number of aliphatic hydroxyl groups excluding tert-OH is 1. The molecule has 11 heteroatoms. The zero-order valence-corrected chi connectivity index (χ0v) is 16.7. The van der Waals surface area contributed by atoms with E-state index in [0.717, 1.165) is 0 Å². The summed E-state index contributed by atoms with van der Waals surface area (Å²) in [7, 11) is 0. The van der Waals surface area contributed by atoms with Crippen LogP contribution in [-0.4, -0.2) is 61.0 Å². The average molecular weight is 429 g/mol. The first-order valence-corrected chi connectivity index (χ1v) is 9.68. The molecule has 2 aromatic heterocycles. The molecule has 31 heavy (non-hydrogen) atoms. The van der Waals surface area contributed by atoms with Gasteiger partial charge in [-0.3, -0.25) is 9.36 Å². The van der Waals surface area contributed by atoms with E-state index in [2.05, 4.69) is 20.3 Å². The molecule has 10 nitrogen and oxygen atoms in total. The highest BCUT2D eigenvalue weighted by Gasteiger charge is 2.64. The second-order valence-corrected chi connectivity index (χ2v) is 7.84. The van der Waals surface area contributed by atoms with Crippen molar-refractivity contribution < 1.29 is 28.5 Å². The SMILES string of the molecule is CC1(C)OC2[C@H](O1)[C@H](n1cnc3c(NC(=O)c4ccccc4)ncnc31)OC2(F)CO. The summed E-state index contributed by atoms with van der Waals surface area (Å²) >= 11 is 0. The molecule has 3 aromatic rings. The lowest BCUT2D eigenvalue weighted by atomic mass is 10.1. The summed E-state index contributed by atoms with van der Waals surface area (Å²) in [6.07, 6.45) is -0.313. The minimum atomic E-state index is -2.45. The Morgan fingerprint density at radius 3 is 2.71 bits per heavy atom. The molecule has 0 spiro atoms. The largest absolute Gasteiger partial charge is 0.390 e. The van der Waals surface area contributed by atoms with Gasteiger partial charge in [-0.25, -0.2) is 19.3 Å². The fraction of sp³-hybridized carbons (Fsp3) is 0.400. The summed E-state index contributed by atoms with van der Waals surface area (Å²) in [6.45, 7) is 2.42. The number of aromatic nitrogens is 4. The summed E-state index contributed by atoms with van der Waals surface area (Å²) in [5.41, 5.74) is 1.06. The lowest BCUT2D eigenvalue weighted by Crippen LogP contribution is -2.42. The van der Waals surface area contributed by atoms with Crippen LogP contribution in [0.3, 0.4) is 0 Å². The second-order valence-electron chi connectivity index (χ2n) is 7.84. The molecule has 0 bridgehead atoms. The lowest BCUT2D eigenvalue weighted by molar-refractivity contribution is -0.264. The van der Waals surface area contributed by atoms with Crippen molar-refractivity contribution in [1.82, 2.24) is 19.5 Å². The molecule has 2 aliphatic rings. The number of nitrogens with one attached hydrogen (secondary N) is 1. The van der Waals surface area contributed by atoms with E-state index in [1.54, 1.807) is 38.1 Å². The molecular formula is C20H20FN5O5. The predicted octanol–water partition coefficient (Wildman–Crippen LogP) is 1.79. The molecule has 4 atom stereocenters. The number of ether oxygens (including phenoxy) is 3. The van der Waals surface area contributed by atoms with E-state index in [1.165, 1.54) is 17.2 Å². The Balaban J connectivity index is 1.50. The van der Waals surface area contributed by atoms with Gasteiger partial charge in [-0.1, -0.05) is 18.2 Å². The first-order chi connectivity index (χ1) is 14.8. The van der Waals surface area contributed by atoms with Crippen LogP contribution >= 0.6 is 0 Å². The summed E-state index contributed by atoms with van der Waals surface area (Å²) in [4.78, 5) is 25.2. The number of amides is 1. The van der Waals surface area contributed by atoms with Crippen LogP contribution in [0, 0.1) is 0 Å². The van der Waals surface area contributed by atoms with Crippen molar-refractivity contribution in [3.8, 4) is 0 Å². The van der Waals surface area contributed by atoms with Gasteiger partial charge in [-0.05, 0) is 26.0 Å². The second kappa shape index (κ2) is 7.02. The Bertz CT molecular complexity index is 1140. The van der Waals surface area contributed by atoms with Crippen molar-refractivity contribution in [2.24, 2.45) is 0 Å². The third-order valence-electron chi connectivity index (χ3n) is 5.27. The van der Waals surface area contributed by atoms with E-state index in [4.69, 9.17) is 14.2 Å². The van der Waals surface area contributed by atoms with Crippen LogP contribution in [0.2, 0.25) is 0 Å². The number of nitrogens with zero attached hydrogens (tertiary/aromatic N) is 4. The van der Waals surface area contributed by atoms with Crippen LogP contribution in [0.5, 0.6) is 0 Å². The Morgan fingerprint density at radius 1 is 1.19 bits per heavy atom. The highest BCUT2D eigenvalue weighted by Crippen LogP contribution is 2.49. The number of imidazole rings is 1. The Morgan fingerprint density at radius 2 is 1.97 bits per heavy atom. The van der Waals surface area contributed by atoms with Crippen molar-refractivity contribution in [2.75, 3.05) is 11.9 Å². The van der Waals surface area contributed by atoms with Crippen molar-refractivity contribution >= 4 is 22.9 Å². The molecular weight excluding hydrogens is 409 g/mol. The molecule has 5 rings (SSSR count). The number of carbonyl (C=O) groups is 1. The maximum absolute atomic E-state index is 15.2. The lowest BCUT2D eigenvalue weighted by Gasteiger charge is -2.27. The highest BCUT2D eigenvalue weighted by molar-refractivity contribution is 6.06.